The first-order valence-electron chi connectivity index (χ1n) is 8.80. The Morgan fingerprint density at radius 3 is 2.89 bits per heavy atom. The fourth-order valence-corrected chi connectivity index (χ4v) is 2.99. The van der Waals surface area contributed by atoms with Gasteiger partial charge in [0.25, 0.3) is 0 Å². The van der Waals surface area contributed by atoms with Crippen LogP contribution in [0.15, 0.2) is 36.4 Å². The molecular formula is C21H22N2O4. The van der Waals surface area contributed by atoms with Crippen LogP contribution in [0.2, 0.25) is 0 Å². The van der Waals surface area contributed by atoms with Gasteiger partial charge >= 0.3 is 5.97 Å². The number of hydrogen-bond acceptors (Lipinski definition) is 6. The van der Waals surface area contributed by atoms with Crippen molar-refractivity contribution >= 4 is 5.97 Å². The van der Waals surface area contributed by atoms with E-state index in [0.717, 1.165) is 29.8 Å². The maximum absolute atomic E-state index is 12.1. The third-order valence-corrected chi connectivity index (χ3v) is 4.37. The van der Waals surface area contributed by atoms with Gasteiger partial charge in [0.1, 0.15) is 18.5 Å². The van der Waals surface area contributed by atoms with E-state index < -0.39 is 5.97 Å². The SMILES string of the molecule is COC(=O)c1cc(OCC2CNCCO2)cc(-c2ccc(C)cc2C#N)c1. The number of nitrogens with one attached hydrogen (secondary N) is 1. The molecule has 0 aliphatic carbocycles. The van der Waals surface area contributed by atoms with Gasteiger partial charge in [0.05, 0.1) is 30.9 Å². The number of aryl methyl sites for hydroxylation is 1. The molecule has 0 saturated carbocycles. The number of ether oxygens (including phenoxy) is 3. The van der Waals surface area contributed by atoms with E-state index in [-0.39, 0.29) is 6.10 Å². The van der Waals surface area contributed by atoms with Crippen molar-refractivity contribution in [2.75, 3.05) is 33.4 Å². The molecule has 0 aromatic heterocycles. The highest BCUT2D eigenvalue weighted by Gasteiger charge is 2.16. The molecule has 0 spiro atoms. The van der Waals surface area contributed by atoms with Gasteiger partial charge < -0.3 is 19.5 Å². The van der Waals surface area contributed by atoms with Crippen molar-refractivity contribution in [2.24, 2.45) is 0 Å². The molecule has 0 amide bonds. The second-order valence-corrected chi connectivity index (χ2v) is 6.41. The minimum Gasteiger partial charge on any atom is -0.491 e. The molecule has 6 heteroatoms. The van der Waals surface area contributed by atoms with Crippen molar-refractivity contribution in [2.45, 2.75) is 13.0 Å². The number of methoxy groups -OCH3 is 1. The fraction of sp³-hybridized carbons (Fsp3) is 0.333. The van der Waals surface area contributed by atoms with Crippen molar-refractivity contribution in [3.63, 3.8) is 0 Å². The predicted molar refractivity (Wildman–Crippen MR) is 101 cm³/mol. The van der Waals surface area contributed by atoms with Crippen LogP contribution in [0.4, 0.5) is 0 Å². The molecule has 1 aliphatic heterocycles. The quantitative estimate of drug-likeness (QED) is 0.820. The fourth-order valence-electron chi connectivity index (χ4n) is 2.99. The number of esters is 1. The summed E-state index contributed by atoms with van der Waals surface area (Å²) in [7, 11) is 1.34. The number of rotatable bonds is 5. The van der Waals surface area contributed by atoms with Gasteiger partial charge in [-0.3, -0.25) is 0 Å². The topological polar surface area (TPSA) is 80.6 Å². The third kappa shape index (κ3) is 4.64. The van der Waals surface area contributed by atoms with Gasteiger partial charge in [0, 0.05) is 13.1 Å². The molecule has 0 bridgehead atoms. The van der Waals surface area contributed by atoms with Crippen LogP contribution >= 0.6 is 0 Å². The summed E-state index contributed by atoms with van der Waals surface area (Å²) in [6.07, 6.45) is -0.0435. The zero-order valence-corrected chi connectivity index (χ0v) is 15.5. The Hall–Kier alpha value is -2.88. The van der Waals surface area contributed by atoms with Crippen LogP contribution in [-0.2, 0) is 9.47 Å². The lowest BCUT2D eigenvalue weighted by atomic mass is 9.97. The first-order valence-corrected chi connectivity index (χ1v) is 8.80. The Kier molecular flexibility index (Phi) is 6.07. The van der Waals surface area contributed by atoms with Gasteiger partial charge in [0.2, 0.25) is 0 Å². The van der Waals surface area contributed by atoms with Gasteiger partial charge in [-0.1, -0.05) is 12.1 Å². The van der Waals surface area contributed by atoms with Gasteiger partial charge in [-0.25, -0.2) is 4.79 Å². The van der Waals surface area contributed by atoms with Crippen LogP contribution in [0.5, 0.6) is 5.75 Å². The summed E-state index contributed by atoms with van der Waals surface area (Å²) in [6, 6.07) is 13.0. The minimum absolute atomic E-state index is 0.0435. The number of hydrogen-bond donors (Lipinski definition) is 1. The second-order valence-electron chi connectivity index (χ2n) is 6.41. The molecule has 27 heavy (non-hydrogen) atoms. The van der Waals surface area contributed by atoms with E-state index in [2.05, 4.69) is 11.4 Å². The van der Waals surface area contributed by atoms with E-state index >= 15 is 0 Å². The molecule has 3 rings (SSSR count). The lowest BCUT2D eigenvalue weighted by Crippen LogP contribution is -2.41. The maximum atomic E-state index is 12.1. The van der Waals surface area contributed by atoms with Crippen LogP contribution in [0.3, 0.4) is 0 Å². The summed E-state index contributed by atoms with van der Waals surface area (Å²) < 4.78 is 16.4. The maximum Gasteiger partial charge on any atom is 0.338 e. The zero-order chi connectivity index (χ0) is 19.2. The predicted octanol–water partition coefficient (Wildman–Crippen LogP) is 2.69. The van der Waals surface area contributed by atoms with Crippen molar-refractivity contribution in [1.82, 2.24) is 5.32 Å². The summed E-state index contributed by atoms with van der Waals surface area (Å²) in [5, 5.41) is 12.7. The summed E-state index contributed by atoms with van der Waals surface area (Å²) in [4.78, 5) is 12.1. The monoisotopic (exact) mass is 366 g/mol. The average molecular weight is 366 g/mol. The number of nitrogens with zero attached hydrogens (tertiary/aromatic N) is 1. The normalized spacial score (nSPS) is 16.4. The molecule has 140 valence electrons. The largest absolute Gasteiger partial charge is 0.491 e. The number of carbonyl (C=O) groups excluding carboxylic acids is 1. The third-order valence-electron chi connectivity index (χ3n) is 4.37. The molecule has 2 aromatic rings. The molecule has 1 aliphatic rings. The van der Waals surface area contributed by atoms with Crippen molar-refractivity contribution in [3.8, 4) is 22.9 Å². The summed E-state index contributed by atoms with van der Waals surface area (Å²) in [5.74, 6) is 0.0782. The summed E-state index contributed by atoms with van der Waals surface area (Å²) in [6.45, 7) is 4.51. The van der Waals surface area contributed by atoms with Gasteiger partial charge in [-0.2, -0.15) is 5.26 Å². The summed E-state index contributed by atoms with van der Waals surface area (Å²) >= 11 is 0. The van der Waals surface area contributed by atoms with Crippen LogP contribution in [0.25, 0.3) is 11.1 Å². The second kappa shape index (κ2) is 8.67. The molecule has 1 unspecified atom stereocenters. The number of carbonyl (C=O) groups is 1. The highest BCUT2D eigenvalue weighted by atomic mass is 16.5. The van der Waals surface area contributed by atoms with Crippen LogP contribution < -0.4 is 10.1 Å². The Morgan fingerprint density at radius 1 is 1.33 bits per heavy atom. The minimum atomic E-state index is -0.456. The lowest BCUT2D eigenvalue weighted by Gasteiger charge is -2.23. The Labute approximate surface area is 158 Å². The van der Waals surface area contributed by atoms with E-state index in [0.29, 0.717) is 30.1 Å². The first kappa shape index (κ1) is 18.9. The molecule has 2 aromatic carbocycles. The smallest absolute Gasteiger partial charge is 0.338 e. The molecular weight excluding hydrogens is 344 g/mol. The standard InChI is InChI=1S/C21H22N2O4/c1-14-3-4-20(17(7-14)11-22)15-8-16(21(24)25-2)10-18(9-15)27-13-19-12-23-5-6-26-19/h3-4,7-10,19,23H,5-6,12-13H2,1-2H3. The van der Waals surface area contributed by atoms with Crippen LogP contribution in [0, 0.1) is 18.3 Å². The molecule has 0 radical (unpaired) electrons. The molecule has 1 N–H and O–H groups in total. The van der Waals surface area contributed by atoms with Gasteiger partial charge in [-0.15, -0.1) is 0 Å². The first-order chi connectivity index (χ1) is 13.1. The highest BCUT2D eigenvalue weighted by Crippen LogP contribution is 2.30. The number of nitriles is 1. The van der Waals surface area contributed by atoms with Gasteiger partial charge in [-0.05, 0) is 47.9 Å². The van der Waals surface area contributed by atoms with E-state index in [1.165, 1.54) is 7.11 Å². The van der Waals surface area contributed by atoms with Crippen LogP contribution in [-0.4, -0.2) is 45.5 Å². The highest BCUT2D eigenvalue weighted by molar-refractivity contribution is 5.92. The molecule has 1 heterocycles. The number of morpholine rings is 1. The Balaban J connectivity index is 1.93. The number of benzene rings is 2. The van der Waals surface area contributed by atoms with Crippen molar-refractivity contribution < 1.29 is 19.0 Å². The van der Waals surface area contributed by atoms with E-state index in [1.807, 2.05) is 31.2 Å². The molecule has 1 saturated heterocycles. The van der Waals surface area contributed by atoms with E-state index in [1.54, 1.807) is 12.1 Å². The molecule has 1 atom stereocenters. The van der Waals surface area contributed by atoms with Gasteiger partial charge in [0.15, 0.2) is 0 Å². The van der Waals surface area contributed by atoms with Crippen molar-refractivity contribution in [1.29, 1.82) is 5.26 Å². The molecule has 1 fully saturated rings. The van der Waals surface area contributed by atoms with E-state index in [4.69, 9.17) is 14.2 Å². The van der Waals surface area contributed by atoms with Crippen molar-refractivity contribution in [3.05, 3.63) is 53.1 Å². The average Bonchev–Trinajstić information content (AvgIpc) is 2.72. The lowest BCUT2D eigenvalue weighted by molar-refractivity contribution is 0.000184. The van der Waals surface area contributed by atoms with Crippen LogP contribution in [0.1, 0.15) is 21.5 Å². The zero-order valence-electron chi connectivity index (χ0n) is 15.5. The van der Waals surface area contributed by atoms with E-state index in [9.17, 15) is 10.1 Å². The Morgan fingerprint density at radius 2 is 2.19 bits per heavy atom. The molecule has 6 nitrogen and oxygen atoms in total. The Bertz CT molecular complexity index is 867. The summed E-state index contributed by atoms with van der Waals surface area (Å²) in [5.41, 5.74) is 3.39.